The summed E-state index contributed by atoms with van der Waals surface area (Å²) in [4.78, 5) is 19.2. The van der Waals surface area contributed by atoms with Gasteiger partial charge in [0.1, 0.15) is 0 Å². The Kier molecular flexibility index (Phi) is 6.96. The van der Waals surface area contributed by atoms with E-state index in [4.69, 9.17) is 0 Å². The topological polar surface area (TPSA) is 33.2 Å². The lowest BCUT2D eigenvalue weighted by Crippen LogP contribution is -2.30. The fraction of sp³-hybridized carbons (Fsp3) is 0.280. The van der Waals surface area contributed by atoms with E-state index in [1.165, 1.54) is 22.3 Å². The molecule has 0 radical (unpaired) electrons. The lowest BCUT2D eigenvalue weighted by atomic mass is 10.0. The van der Waals surface area contributed by atoms with Crippen LogP contribution in [0.25, 0.3) is 0 Å². The number of carbonyl (C=O) groups excluding carboxylic acids is 1. The van der Waals surface area contributed by atoms with Crippen LogP contribution in [0.2, 0.25) is 0 Å². The van der Waals surface area contributed by atoms with Crippen molar-refractivity contribution in [3.05, 3.63) is 101 Å². The minimum Gasteiger partial charge on any atom is -0.334 e. The largest absolute Gasteiger partial charge is 0.334 e. The molecular formula is C25H28N2O. The van der Waals surface area contributed by atoms with E-state index in [9.17, 15) is 4.79 Å². The van der Waals surface area contributed by atoms with Gasteiger partial charge in [-0.3, -0.25) is 9.78 Å². The molecule has 0 bridgehead atoms. The standard InChI is InChI=1S/C25H28N2O/c1-3-21-10-12-22(13-11-21)14-15-25(28)27(18-23-8-6-16-26-17-23)19-24-9-5-4-7-20(24)2/h4-13,16-17H,3,14-15,18-19H2,1-2H3. The average Bonchev–Trinajstić information content (AvgIpc) is 2.74. The van der Waals surface area contributed by atoms with Crippen LogP contribution in [0.3, 0.4) is 0 Å². The van der Waals surface area contributed by atoms with E-state index < -0.39 is 0 Å². The number of hydrogen-bond donors (Lipinski definition) is 0. The molecule has 0 saturated carbocycles. The van der Waals surface area contributed by atoms with E-state index in [-0.39, 0.29) is 5.91 Å². The quantitative estimate of drug-likeness (QED) is 0.550. The third-order valence-corrected chi connectivity index (χ3v) is 5.13. The number of benzene rings is 2. The minimum atomic E-state index is 0.173. The van der Waals surface area contributed by atoms with Crippen molar-refractivity contribution in [1.29, 1.82) is 0 Å². The van der Waals surface area contributed by atoms with Crippen molar-refractivity contribution in [2.75, 3.05) is 0 Å². The number of nitrogens with zero attached hydrogens (tertiary/aromatic N) is 2. The van der Waals surface area contributed by atoms with Crippen LogP contribution in [-0.2, 0) is 30.7 Å². The molecule has 1 amide bonds. The number of amides is 1. The maximum atomic E-state index is 13.1. The summed E-state index contributed by atoms with van der Waals surface area (Å²) in [6.07, 6.45) is 5.91. The summed E-state index contributed by atoms with van der Waals surface area (Å²) in [5.74, 6) is 0.173. The van der Waals surface area contributed by atoms with E-state index in [1.807, 2.05) is 35.4 Å². The molecule has 0 spiro atoms. The normalized spacial score (nSPS) is 10.6. The van der Waals surface area contributed by atoms with Crippen LogP contribution in [0.4, 0.5) is 0 Å². The number of aromatic nitrogens is 1. The van der Waals surface area contributed by atoms with Crippen LogP contribution in [0.5, 0.6) is 0 Å². The number of rotatable bonds is 8. The van der Waals surface area contributed by atoms with E-state index in [0.717, 1.165) is 18.4 Å². The lowest BCUT2D eigenvalue weighted by molar-refractivity contribution is -0.132. The van der Waals surface area contributed by atoms with Crippen LogP contribution < -0.4 is 0 Å². The predicted octanol–water partition coefficient (Wildman–Crippen LogP) is 5.11. The van der Waals surface area contributed by atoms with Gasteiger partial charge in [0.15, 0.2) is 0 Å². The van der Waals surface area contributed by atoms with Gasteiger partial charge in [-0.05, 0) is 53.6 Å². The molecule has 3 aromatic rings. The molecule has 0 N–H and O–H groups in total. The van der Waals surface area contributed by atoms with Crippen molar-refractivity contribution in [1.82, 2.24) is 9.88 Å². The Morgan fingerprint density at radius 1 is 0.893 bits per heavy atom. The van der Waals surface area contributed by atoms with Gasteiger partial charge in [-0.25, -0.2) is 0 Å². The van der Waals surface area contributed by atoms with Gasteiger partial charge in [0.25, 0.3) is 0 Å². The van der Waals surface area contributed by atoms with Crippen molar-refractivity contribution < 1.29 is 4.79 Å². The van der Waals surface area contributed by atoms with Gasteiger partial charge >= 0.3 is 0 Å². The Morgan fingerprint density at radius 2 is 1.64 bits per heavy atom. The van der Waals surface area contributed by atoms with Crippen molar-refractivity contribution in [2.24, 2.45) is 0 Å². The molecule has 0 aliphatic carbocycles. The van der Waals surface area contributed by atoms with Crippen LogP contribution >= 0.6 is 0 Å². The van der Waals surface area contributed by atoms with Gasteiger partial charge in [0.05, 0.1) is 0 Å². The molecule has 0 aliphatic heterocycles. The van der Waals surface area contributed by atoms with Gasteiger partial charge in [-0.1, -0.05) is 61.5 Å². The van der Waals surface area contributed by atoms with Crippen molar-refractivity contribution in [3.63, 3.8) is 0 Å². The molecule has 0 unspecified atom stereocenters. The zero-order chi connectivity index (χ0) is 19.8. The Balaban J connectivity index is 1.70. The molecule has 0 saturated heterocycles. The minimum absolute atomic E-state index is 0.173. The summed E-state index contributed by atoms with van der Waals surface area (Å²) in [6, 6.07) is 20.8. The van der Waals surface area contributed by atoms with E-state index in [2.05, 4.69) is 55.2 Å². The van der Waals surface area contributed by atoms with Crippen molar-refractivity contribution in [2.45, 2.75) is 46.2 Å². The first-order chi connectivity index (χ1) is 13.7. The summed E-state index contributed by atoms with van der Waals surface area (Å²) in [7, 11) is 0. The second-order valence-corrected chi connectivity index (χ2v) is 7.21. The third kappa shape index (κ3) is 5.53. The lowest BCUT2D eigenvalue weighted by Gasteiger charge is -2.24. The average molecular weight is 373 g/mol. The van der Waals surface area contributed by atoms with Crippen LogP contribution in [0.15, 0.2) is 73.1 Å². The van der Waals surface area contributed by atoms with Crippen LogP contribution in [0.1, 0.15) is 41.2 Å². The summed E-state index contributed by atoms with van der Waals surface area (Å²) < 4.78 is 0. The Labute approximate surface area is 168 Å². The first-order valence-corrected chi connectivity index (χ1v) is 9.94. The Morgan fingerprint density at radius 3 is 2.32 bits per heavy atom. The van der Waals surface area contributed by atoms with Gasteiger partial charge in [-0.15, -0.1) is 0 Å². The van der Waals surface area contributed by atoms with Crippen LogP contribution in [-0.4, -0.2) is 15.8 Å². The van der Waals surface area contributed by atoms with E-state index in [1.54, 1.807) is 6.20 Å². The highest BCUT2D eigenvalue weighted by atomic mass is 16.2. The van der Waals surface area contributed by atoms with Gasteiger partial charge < -0.3 is 4.90 Å². The second-order valence-electron chi connectivity index (χ2n) is 7.21. The number of pyridine rings is 1. The monoisotopic (exact) mass is 372 g/mol. The van der Waals surface area contributed by atoms with Gasteiger partial charge in [-0.2, -0.15) is 0 Å². The first-order valence-electron chi connectivity index (χ1n) is 9.94. The van der Waals surface area contributed by atoms with E-state index in [0.29, 0.717) is 19.5 Å². The first kappa shape index (κ1) is 19.8. The zero-order valence-corrected chi connectivity index (χ0v) is 16.8. The molecule has 28 heavy (non-hydrogen) atoms. The molecule has 0 atom stereocenters. The molecule has 0 fully saturated rings. The maximum Gasteiger partial charge on any atom is 0.223 e. The molecule has 3 nitrogen and oxygen atoms in total. The van der Waals surface area contributed by atoms with Crippen molar-refractivity contribution in [3.8, 4) is 0 Å². The third-order valence-electron chi connectivity index (χ3n) is 5.13. The molecule has 1 heterocycles. The summed E-state index contributed by atoms with van der Waals surface area (Å²) in [5, 5.41) is 0. The summed E-state index contributed by atoms with van der Waals surface area (Å²) in [6.45, 7) is 5.45. The Bertz CT molecular complexity index is 888. The number of hydrogen-bond acceptors (Lipinski definition) is 2. The smallest absolute Gasteiger partial charge is 0.223 e. The summed E-state index contributed by atoms with van der Waals surface area (Å²) in [5.41, 5.74) is 5.99. The SMILES string of the molecule is CCc1ccc(CCC(=O)N(Cc2cccnc2)Cc2ccccc2C)cc1. The molecule has 3 rings (SSSR count). The maximum absolute atomic E-state index is 13.1. The molecule has 3 heteroatoms. The van der Waals surface area contributed by atoms with Gasteiger partial charge in [0.2, 0.25) is 5.91 Å². The molecule has 1 aromatic heterocycles. The highest BCUT2D eigenvalue weighted by molar-refractivity contribution is 5.76. The number of carbonyl (C=O) groups is 1. The van der Waals surface area contributed by atoms with Crippen LogP contribution in [0, 0.1) is 6.92 Å². The highest BCUT2D eigenvalue weighted by Gasteiger charge is 2.16. The Hall–Kier alpha value is -2.94. The fourth-order valence-corrected chi connectivity index (χ4v) is 3.29. The zero-order valence-electron chi connectivity index (χ0n) is 16.8. The van der Waals surface area contributed by atoms with Gasteiger partial charge in [0, 0.05) is 31.9 Å². The predicted molar refractivity (Wildman–Crippen MR) is 114 cm³/mol. The molecular weight excluding hydrogens is 344 g/mol. The van der Waals surface area contributed by atoms with E-state index >= 15 is 0 Å². The second kappa shape index (κ2) is 9.84. The molecule has 2 aromatic carbocycles. The summed E-state index contributed by atoms with van der Waals surface area (Å²) >= 11 is 0. The highest BCUT2D eigenvalue weighted by Crippen LogP contribution is 2.16. The number of aryl methyl sites for hydroxylation is 3. The molecule has 144 valence electrons. The van der Waals surface area contributed by atoms with Crippen molar-refractivity contribution >= 4 is 5.91 Å². The fourth-order valence-electron chi connectivity index (χ4n) is 3.29. The molecule has 0 aliphatic rings.